The average Bonchev–Trinajstić information content (AvgIpc) is 2.83. The van der Waals surface area contributed by atoms with Crippen molar-refractivity contribution >= 4 is 11.5 Å². The molecule has 1 heterocycles. The van der Waals surface area contributed by atoms with Gasteiger partial charge in [0.15, 0.2) is 0 Å². The van der Waals surface area contributed by atoms with Crippen molar-refractivity contribution in [2.45, 2.75) is 13.8 Å². The van der Waals surface area contributed by atoms with Crippen LogP contribution < -0.4 is 11.3 Å². The Kier molecular flexibility index (Phi) is 4.97. The van der Waals surface area contributed by atoms with Crippen LogP contribution in [-0.4, -0.2) is 10.9 Å². The quantitative estimate of drug-likeness (QED) is 0.321. The number of hydrogen-bond acceptors (Lipinski definition) is 2. The highest BCUT2D eigenvalue weighted by atomic mass is 16.2. The molecule has 0 spiro atoms. The van der Waals surface area contributed by atoms with E-state index in [2.05, 4.69) is 10.4 Å². The third-order valence-electron chi connectivity index (χ3n) is 2.31. The van der Waals surface area contributed by atoms with Crippen LogP contribution in [0, 0.1) is 0 Å². The van der Waals surface area contributed by atoms with E-state index in [0.717, 1.165) is 11.1 Å². The predicted molar refractivity (Wildman–Crippen MR) is 70.1 cm³/mol. The van der Waals surface area contributed by atoms with E-state index in [1.54, 1.807) is 6.20 Å². The normalized spacial score (nSPS) is 12.5. The SMILES string of the molecule is C\C=C/C=C\C(=C/C)c1cc[nH]c1C(=O)NN. The molecule has 4 nitrogen and oxygen atoms in total. The van der Waals surface area contributed by atoms with Crippen molar-refractivity contribution in [1.29, 1.82) is 0 Å². The number of rotatable bonds is 4. The van der Waals surface area contributed by atoms with Gasteiger partial charge in [0.25, 0.3) is 5.91 Å². The fraction of sp³-hybridized carbons (Fsp3) is 0.154. The lowest BCUT2D eigenvalue weighted by molar-refractivity contribution is 0.0949. The molecular weight excluding hydrogens is 214 g/mol. The number of aromatic amines is 1. The highest BCUT2D eigenvalue weighted by Crippen LogP contribution is 2.19. The molecule has 17 heavy (non-hydrogen) atoms. The van der Waals surface area contributed by atoms with Crippen LogP contribution in [0.1, 0.15) is 29.9 Å². The maximum absolute atomic E-state index is 11.5. The second kappa shape index (κ2) is 6.50. The van der Waals surface area contributed by atoms with Crippen molar-refractivity contribution in [2.24, 2.45) is 5.84 Å². The first kappa shape index (κ1) is 13.0. The van der Waals surface area contributed by atoms with Gasteiger partial charge in [0, 0.05) is 11.8 Å². The number of nitrogen functional groups attached to an aromatic ring is 1. The predicted octanol–water partition coefficient (Wildman–Crippen LogP) is 2.15. The molecule has 0 aromatic carbocycles. The summed E-state index contributed by atoms with van der Waals surface area (Å²) in [5, 5.41) is 0. The molecule has 0 saturated carbocycles. The Hall–Kier alpha value is -2.07. The van der Waals surface area contributed by atoms with E-state index >= 15 is 0 Å². The summed E-state index contributed by atoms with van der Waals surface area (Å²) in [6.07, 6.45) is 11.4. The Morgan fingerprint density at radius 2 is 2.18 bits per heavy atom. The number of carbonyl (C=O) groups excluding carboxylic acids is 1. The topological polar surface area (TPSA) is 70.9 Å². The summed E-state index contributed by atoms with van der Waals surface area (Å²) in [5.74, 6) is 4.80. The van der Waals surface area contributed by atoms with Gasteiger partial charge in [-0.05, 0) is 25.5 Å². The number of H-pyrrole nitrogens is 1. The molecule has 4 heteroatoms. The van der Waals surface area contributed by atoms with Crippen molar-refractivity contribution in [3.8, 4) is 0 Å². The average molecular weight is 231 g/mol. The zero-order chi connectivity index (χ0) is 12.7. The molecule has 0 atom stereocenters. The van der Waals surface area contributed by atoms with Crippen molar-refractivity contribution in [3.63, 3.8) is 0 Å². The molecule has 0 bridgehead atoms. The standard InChI is InChI=1S/C13H17N3O/c1-3-5-6-7-10(4-2)11-8-9-15-12(11)13(17)16-14/h3-9,15H,14H2,1-2H3,(H,16,17)/b5-3-,7-6-,10-4+. The van der Waals surface area contributed by atoms with Crippen molar-refractivity contribution in [1.82, 2.24) is 10.4 Å². The van der Waals surface area contributed by atoms with E-state index in [4.69, 9.17) is 5.84 Å². The van der Waals surface area contributed by atoms with Gasteiger partial charge in [-0.25, -0.2) is 5.84 Å². The Morgan fingerprint density at radius 3 is 2.76 bits per heavy atom. The number of nitrogens with one attached hydrogen (secondary N) is 2. The Balaban J connectivity index is 3.06. The van der Waals surface area contributed by atoms with E-state index < -0.39 is 0 Å². The van der Waals surface area contributed by atoms with Gasteiger partial charge in [0.05, 0.1) is 0 Å². The smallest absolute Gasteiger partial charge is 0.282 e. The van der Waals surface area contributed by atoms with Crippen LogP contribution in [0.4, 0.5) is 0 Å². The van der Waals surface area contributed by atoms with Crippen LogP contribution in [0.3, 0.4) is 0 Å². The highest BCUT2D eigenvalue weighted by molar-refractivity contribution is 5.98. The van der Waals surface area contributed by atoms with Crippen LogP contribution in [0.5, 0.6) is 0 Å². The second-order valence-electron chi connectivity index (χ2n) is 3.37. The number of nitrogens with two attached hydrogens (primary N) is 1. The molecule has 0 saturated heterocycles. The number of hydrazine groups is 1. The van der Waals surface area contributed by atoms with Crippen LogP contribution in [-0.2, 0) is 0 Å². The third kappa shape index (κ3) is 3.19. The van der Waals surface area contributed by atoms with Crippen molar-refractivity contribution in [3.05, 3.63) is 53.9 Å². The Labute approximate surface area is 101 Å². The van der Waals surface area contributed by atoms with Crippen molar-refractivity contribution < 1.29 is 4.79 Å². The second-order valence-corrected chi connectivity index (χ2v) is 3.37. The molecule has 1 amide bonds. The number of carbonyl (C=O) groups is 1. The maximum atomic E-state index is 11.5. The van der Waals surface area contributed by atoms with Crippen LogP contribution in [0.15, 0.2) is 42.6 Å². The first-order valence-electron chi connectivity index (χ1n) is 5.39. The molecule has 0 aliphatic rings. The van der Waals surface area contributed by atoms with Gasteiger partial charge in [-0.3, -0.25) is 10.2 Å². The number of amides is 1. The Bertz CT molecular complexity index is 467. The number of aromatic nitrogens is 1. The van der Waals surface area contributed by atoms with Gasteiger partial charge in [-0.2, -0.15) is 0 Å². The van der Waals surface area contributed by atoms with Crippen LogP contribution >= 0.6 is 0 Å². The molecule has 90 valence electrons. The van der Waals surface area contributed by atoms with Crippen molar-refractivity contribution in [2.75, 3.05) is 0 Å². The van der Waals surface area contributed by atoms with Gasteiger partial charge in [0.1, 0.15) is 5.69 Å². The molecular formula is C13H17N3O. The minimum Gasteiger partial charge on any atom is -0.357 e. The van der Waals surface area contributed by atoms with E-state index in [-0.39, 0.29) is 5.91 Å². The largest absolute Gasteiger partial charge is 0.357 e. The first-order chi connectivity index (χ1) is 8.24. The molecule has 0 aliphatic carbocycles. The minimum atomic E-state index is -0.330. The highest BCUT2D eigenvalue weighted by Gasteiger charge is 2.12. The Morgan fingerprint density at radius 1 is 1.41 bits per heavy atom. The summed E-state index contributed by atoms with van der Waals surface area (Å²) in [6.45, 7) is 3.87. The van der Waals surface area contributed by atoms with Gasteiger partial charge >= 0.3 is 0 Å². The minimum absolute atomic E-state index is 0.330. The number of allylic oxidation sites excluding steroid dienone is 6. The summed E-state index contributed by atoms with van der Waals surface area (Å²) in [5.41, 5.74) is 4.37. The van der Waals surface area contributed by atoms with Gasteiger partial charge < -0.3 is 4.98 Å². The summed E-state index contributed by atoms with van der Waals surface area (Å²) in [4.78, 5) is 14.4. The molecule has 1 rings (SSSR count). The third-order valence-corrected chi connectivity index (χ3v) is 2.31. The van der Waals surface area contributed by atoms with Crippen LogP contribution in [0.2, 0.25) is 0 Å². The fourth-order valence-electron chi connectivity index (χ4n) is 1.48. The van der Waals surface area contributed by atoms with Gasteiger partial charge in [0.2, 0.25) is 0 Å². The molecule has 1 aromatic heterocycles. The van der Waals surface area contributed by atoms with Gasteiger partial charge in [-0.1, -0.05) is 30.4 Å². The van der Waals surface area contributed by atoms with E-state index in [1.165, 1.54) is 0 Å². The lowest BCUT2D eigenvalue weighted by Gasteiger charge is -2.03. The monoisotopic (exact) mass is 231 g/mol. The molecule has 4 N–H and O–H groups in total. The lowest BCUT2D eigenvalue weighted by Crippen LogP contribution is -2.30. The maximum Gasteiger partial charge on any atom is 0.282 e. The zero-order valence-electron chi connectivity index (χ0n) is 10.0. The molecule has 0 radical (unpaired) electrons. The van der Waals surface area contributed by atoms with E-state index in [0.29, 0.717) is 5.69 Å². The molecule has 0 unspecified atom stereocenters. The molecule has 0 aliphatic heterocycles. The summed E-state index contributed by atoms with van der Waals surface area (Å²) >= 11 is 0. The van der Waals surface area contributed by atoms with Crippen LogP contribution in [0.25, 0.3) is 5.57 Å². The fourth-order valence-corrected chi connectivity index (χ4v) is 1.48. The van der Waals surface area contributed by atoms with E-state index in [9.17, 15) is 4.79 Å². The molecule has 1 aromatic rings. The molecule has 0 fully saturated rings. The van der Waals surface area contributed by atoms with Gasteiger partial charge in [-0.15, -0.1) is 0 Å². The summed E-state index contributed by atoms with van der Waals surface area (Å²) < 4.78 is 0. The van der Waals surface area contributed by atoms with E-state index in [1.807, 2.05) is 50.3 Å². The zero-order valence-corrected chi connectivity index (χ0v) is 10.0. The summed E-state index contributed by atoms with van der Waals surface area (Å²) in [7, 11) is 0. The lowest BCUT2D eigenvalue weighted by atomic mass is 10.1. The summed E-state index contributed by atoms with van der Waals surface area (Å²) in [6, 6.07) is 1.85. The number of hydrogen-bond donors (Lipinski definition) is 3. The first-order valence-corrected chi connectivity index (χ1v) is 5.39.